The van der Waals surface area contributed by atoms with Gasteiger partial charge in [-0.25, -0.2) is 0 Å². The summed E-state index contributed by atoms with van der Waals surface area (Å²) in [5.74, 6) is 0.418. The van der Waals surface area contributed by atoms with Crippen molar-refractivity contribution >= 4 is 11.4 Å². The van der Waals surface area contributed by atoms with Gasteiger partial charge in [0.2, 0.25) is 0 Å². The van der Waals surface area contributed by atoms with Crippen molar-refractivity contribution in [3.8, 4) is 5.75 Å². The zero-order valence-corrected chi connectivity index (χ0v) is 20.5. The predicted molar refractivity (Wildman–Crippen MR) is 139 cm³/mol. The van der Waals surface area contributed by atoms with E-state index in [0.29, 0.717) is 5.75 Å². The van der Waals surface area contributed by atoms with Gasteiger partial charge < -0.3 is 14.9 Å². The summed E-state index contributed by atoms with van der Waals surface area (Å²) >= 11 is 0. The second-order valence-corrected chi connectivity index (χ2v) is 8.45. The van der Waals surface area contributed by atoms with Crippen LogP contribution < -0.4 is 9.80 Å². The van der Waals surface area contributed by atoms with E-state index in [1.54, 1.807) is 12.1 Å². The largest absolute Gasteiger partial charge is 0.508 e. The Labute approximate surface area is 194 Å². The van der Waals surface area contributed by atoms with Crippen molar-refractivity contribution < 1.29 is 5.11 Å². The highest BCUT2D eigenvalue weighted by Crippen LogP contribution is 2.38. The van der Waals surface area contributed by atoms with Crippen molar-refractivity contribution in [2.45, 2.75) is 47.5 Å². The van der Waals surface area contributed by atoms with Crippen LogP contribution >= 0.6 is 0 Å². The number of hydrogen-bond acceptors (Lipinski definition) is 3. The SMILES string of the molecule is CCN(CC)c1ccc(C(c2ccc(O)cc2)c2ccc(N(CC)CC)cc2C)c(C)c1. The second-order valence-electron chi connectivity index (χ2n) is 8.45. The molecule has 3 heteroatoms. The molecule has 170 valence electrons. The van der Waals surface area contributed by atoms with Gasteiger partial charge in [0.05, 0.1) is 0 Å². The second kappa shape index (κ2) is 10.6. The van der Waals surface area contributed by atoms with E-state index in [0.717, 1.165) is 26.2 Å². The van der Waals surface area contributed by atoms with Crippen LogP contribution in [-0.2, 0) is 0 Å². The maximum Gasteiger partial charge on any atom is 0.115 e. The first kappa shape index (κ1) is 23.7. The number of benzene rings is 3. The Morgan fingerprint density at radius 2 is 1.03 bits per heavy atom. The monoisotopic (exact) mass is 430 g/mol. The Kier molecular flexibility index (Phi) is 7.84. The zero-order chi connectivity index (χ0) is 23.3. The van der Waals surface area contributed by atoms with Crippen molar-refractivity contribution in [1.29, 1.82) is 0 Å². The third-order valence-corrected chi connectivity index (χ3v) is 6.61. The van der Waals surface area contributed by atoms with E-state index in [9.17, 15) is 5.11 Å². The molecule has 0 unspecified atom stereocenters. The molecule has 0 spiro atoms. The Balaban J connectivity index is 2.13. The summed E-state index contributed by atoms with van der Waals surface area (Å²) in [6.45, 7) is 17.3. The van der Waals surface area contributed by atoms with Crippen molar-refractivity contribution in [3.63, 3.8) is 0 Å². The van der Waals surface area contributed by atoms with E-state index in [4.69, 9.17) is 0 Å². The number of nitrogens with zero attached hydrogens (tertiary/aromatic N) is 2. The van der Waals surface area contributed by atoms with Crippen LogP contribution in [0, 0.1) is 13.8 Å². The summed E-state index contributed by atoms with van der Waals surface area (Å²) in [7, 11) is 0. The molecule has 0 aliphatic carbocycles. The van der Waals surface area contributed by atoms with Crippen LogP contribution in [0.2, 0.25) is 0 Å². The minimum absolute atomic E-state index is 0.118. The van der Waals surface area contributed by atoms with Gasteiger partial charge in [0.15, 0.2) is 0 Å². The molecule has 0 aliphatic rings. The molecule has 0 bridgehead atoms. The molecule has 1 N–H and O–H groups in total. The molecule has 0 aliphatic heterocycles. The van der Waals surface area contributed by atoms with E-state index in [1.807, 2.05) is 0 Å². The molecule has 3 aromatic carbocycles. The molecular weight excluding hydrogens is 392 g/mol. The molecule has 3 rings (SSSR count). The zero-order valence-electron chi connectivity index (χ0n) is 20.5. The van der Waals surface area contributed by atoms with Gasteiger partial charge in [-0.05, 0) is 106 Å². The highest BCUT2D eigenvalue weighted by molar-refractivity contribution is 5.58. The fourth-order valence-corrected chi connectivity index (χ4v) is 4.73. The minimum Gasteiger partial charge on any atom is -0.508 e. The molecule has 0 fully saturated rings. The van der Waals surface area contributed by atoms with Crippen LogP contribution in [0.3, 0.4) is 0 Å². The molecular formula is C29H38N2O. The summed E-state index contributed by atoms with van der Waals surface area (Å²) in [6, 6.07) is 21.4. The molecule has 32 heavy (non-hydrogen) atoms. The number of rotatable bonds is 9. The molecule has 3 aromatic rings. The molecule has 0 saturated carbocycles. The number of aromatic hydroxyl groups is 1. The van der Waals surface area contributed by atoms with Crippen molar-refractivity contribution in [1.82, 2.24) is 0 Å². The Hall–Kier alpha value is -2.94. The van der Waals surface area contributed by atoms with E-state index >= 15 is 0 Å². The van der Waals surface area contributed by atoms with E-state index in [-0.39, 0.29) is 5.92 Å². The van der Waals surface area contributed by atoms with Gasteiger partial charge in [-0.3, -0.25) is 0 Å². The quantitative estimate of drug-likeness (QED) is 0.375. The topological polar surface area (TPSA) is 26.7 Å². The molecule has 0 saturated heterocycles. The van der Waals surface area contributed by atoms with Crippen molar-refractivity contribution in [3.05, 3.63) is 88.5 Å². The maximum atomic E-state index is 9.88. The van der Waals surface area contributed by atoms with Crippen LogP contribution in [0.5, 0.6) is 5.75 Å². The summed E-state index contributed by atoms with van der Waals surface area (Å²) in [5.41, 5.74) is 8.94. The third kappa shape index (κ3) is 4.93. The van der Waals surface area contributed by atoms with E-state index in [1.165, 1.54) is 39.2 Å². The normalized spacial score (nSPS) is 11.1. The number of aryl methyl sites for hydroxylation is 2. The van der Waals surface area contributed by atoms with Gasteiger partial charge in [0.1, 0.15) is 5.75 Å². The average molecular weight is 431 g/mol. The van der Waals surface area contributed by atoms with Gasteiger partial charge in [0, 0.05) is 43.5 Å². The molecule has 0 radical (unpaired) electrons. The first-order valence-corrected chi connectivity index (χ1v) is 11.9. The fourth-order valence-electron chi connectivity index (χ4n) is 4.73. The lowest BCUT2D eigenvalue weighted by Gasteiger charge is -2.27. The van der Waals surface area contributed by atoms with Gasteiger partial charge >= 0.3 is 0 Å². The minimum atomic E-state index is 0.118. The van der Waals surface area contributed by atoms with Crippen LogP contribution in [0.25, 0.3) is 0 Å². The van der Waals surface area contributed by atoms with Crippen molar-refractivity contribution in [2.75, 3.05) is 36.0 Å². The first-order chi connectivity index (χ1) is 15.4. The lowest BCUT2D eigenvalue weighted by molar-refractivity contribution is 0.475. The van der Waals surface area contributed by atoms with Gasteiger partial charge in [-0.15, -0.1) is 0 Å². The highest BCUT2D eigenvalue weighted by atomic mass is 16.3. The smallest absolute Gasteiger partial charge is 0.115 e. The summed E-state index contributed by atoms with van der Waals surface area (Å²) < 4.78 is 0. The molecule has 0 amide bonds. The van der Waals surface area contributed by atoms with Crippen LogP contribution in [0.15, 0.2) is 60.7 Å². The Morgan fingerprint density at radius 3 is 1.38 bits per heavy atom. The number of phenols is 1. The molecule has 0 atom stereocenters. The standard InChI is InChI=1S/C29H38N2O/c1-7-30(8-2)24-13-17-27(21(5)19-24)29(23-11-15-26(32)16-12-23)28-18-14-25(20-22(28)6)31(9-3)10-4/h11-20,29,32H,7-10H2,1-6H3. The summed E-state index contributed by atoms with van der Waals surface area (Å²) in [6.07, 6.45) is 0. The van der Waals surface area contributed by atoms with E-state index in [2.05, 4.69) is 99.9 Å². The van der Waals surface area contributed by atoms with Crippen LogP contribution in [0.4, 0.5) is 11.4 Å². The number of hydrogen-bond donors (Lipinski definition) is 1. The maximum absolute atomic E-state index is 9.88. The third-order valence-electron chi connectivity index (χ3n) is 6.61. The molecule has 0 aromatic heterocycles. The van der Waals surface area contributed by atoms with Gasteiger partial charge in [-0.1, -0.05) is 24.3 Å². The van der Waals surface area contributed by atoms with Crippen LogP contribution in [-0.4, -0.2) is 31.3 Å². The Bertz CT molecular complexity index is 956. The van der Waals surface area contributed by atoms with Crippen LogP contribution in [0.1, 0.15) is 61.4 Å². The van der Waals surface area contributed by atoms with E-state index < -0.39 is 0 Å². The average Bonchev–Trinajstić information content (AvgIpc) is 2.79. The molecule has 3 nitrogen and oxygen atoms in total. The number of anilines is 2. The lowest BCUT2D eigenvalue weighted by Crippen LogP contribution is -2.22. The summed E-state index contributed by atoms with van der Waals surface area (Å²) in [5, 5.41) is 9.88. The Morgan fingerprint density at radius 1 is 0.625 bits per heavy atom. The first-order valence-electron chi connectivity index (χ1n) is 11.9. The highest BCUT2D eigenvalue weighted by Gasteiger charge is 2.22. The molecule has 0 heterocycles. The predicted octanol–water partition coefficient (Wildman–Crippen LogP) is 6.88. The van der Waals surface area contributed by atoms with Crippen molar-refractivity contribution in [2.24, 2.45) is 0 Å². The van der Waals surface area contributed by atoms with Gasteiger partial charge in [-0.2, -0.15) is 0 Å². The summed E-state index contributed by atoms with van der Waals surface area (Å²) in [4.78, 5) is 4.77. The number of phenolic OH excluding ortho intramolecular Hbond substituents is 1. The van der Waals surface area contributed by atoms with Gasteiger partial charge in [0.25, 0.3) is 0 Å². The fraction of sp³-hybridized carbons (Fsp3) is 0.379. The lowest BCUT2D eigenvalue weighted by atomic mass is 9.81.